The summed E-state index contributed by atoms with van der Waals surface area (Å²) in [4.78, 5) is 29.3. The number of hydrogen-bond acceptors (Lipinski definition) is 4. The summed E-state index contributed by atoms with van der Waals surface area (Å²) in [6.45, 7) is 5.18. The lowest BCUT2D eigenvalue weighted by Crippen LogP contribution is -2.51. The van der Waals surface area contributed by atoms with Crippen molar-refractivity contribution in [2.75, 3.05) is 39.8 Å². The predicted octanol–water partition coefficient (Wildman–Crippen LogP) is 2.90. The summed E-state index contributed by atoms with van der Waals surface area (Å²) in [5.41, 5.74) is 1.88. The largest absolute Gasteiger partial charge is 0.497 e. The summed E-state index contributed by atoms with van der Waals surface area (Å²) in [7, 11) is 1.61. The van der Waals surface area contributed by atoms with E-state index in [1.165, 1.54) is 5.56 Å². The fourth-order valence-electron chi connectivity index (χ4n) is 3.56. The molecular weight excluding hydrogens is 352 g/mol. The van der Waals surface area contributed by atoms with Crippen LogP contribution in [0.4, 0.5) is 0 Å². The number of rotatable bonds is 7. The highest BCUT2D eigenvalue weighted by molar-refractivity contribution is 5.97. The van der Waals surface area contributed by atoms with Gasteiger partial charge < -0.3 is 9.64 Å². The van der Waals surface area contributed by atoms with Gasteiger partial charge in [-0.05, 0) is 36.2 Å². The van der Waals surface area contributed by atoms with Crippen LogP contribution in [-0.2, 0) is 11.2 Å². The zero-order valence-corrected chi connectivity index (χ0v) is 16.6. The van der Waals surface area contributed by atoms with Crippen LogP contribution >= 0.6 is 0 Å². The molecule has 0 N–H and O–H groups in total. The molecule has 1 heterocycles. The second kappa shape index (κ2) is 9.51. The van der Waals surface area contributed by atoms with Crippen LogP contribution in [-0.4, -0.2) is 61.3 Å². The standard InChI is InChI=1S/C23H28N2O3/c1-18(16-19-6-4-3-5-7-19)23(27)25-14-12-24(13-15-25)17-22(26)20-8-10-21(28-2)11-9-20/h3-11,18H,12-17H2,1-2H3. The highest BCUT2D eigenvalue weighted by Crippen LogP contribution is 2.15. The summed E-state index contributed by atoms with van der Waals surface area (Å²) >= 11 is 0. The first-order valence-electron chi connectivity index (χ1n) is 9.79. The number of Topliss-reactive ketones (excluding diaryl/α,β-unsaturated/α-hetero) is 1. The molecule has 1 atom stereocenters. The second-order valence-corrected chi connectivity index (χ2v) is 7.34. The number of piperazine rings is 1. The Balaban J connectivity index is 1.46. The molecule has 1 amide bonds. The van der Waals surface area contributed by atoms with Gasteiger partial charge in [-0.1, -0.05) is 37.3 Å². The Morgan fingerprint density at radius 1 is 0.964 bits per heavy atom. The Morgan fingerprint density at radius 2 is 1.61 bits per heavy atom. The minimum Gasteiger partial charge on any atom is -0.497 e. The van der Waals surface area contributed by atoms with Gasteiger partial charge in [0.25, 0.3) is 0 Å². The summed E-state index contributed by atoms with van der Waals surface area (Å²) < 4.78 is 5.13. The monoisotopic (exact) mass is 380 g/mol. The van der Waals surface area contributed by atoms with Gasteiger partial charge in [-0.15, -0.1) is 0 Å². The molecule has 1 unspecified atom stereocenters. The molecule has 1 aliphatic rings. The SMILES string of the molecule is COc1ccc(C(=O)CN2CCN(C(=O)C(C)Cc3ccccc3)CC2)cc1. The number of amides is 1. The van der Waals surface area contributed by atoms with Crippen LogP contribution in [0, 0.1) is 5.92 Å². The van der Waals surface area contributed by atoms with Crippen molar-refractivity contribution in [1.29, 1.82) is 0 Å². The molecule has 28 heavy (non-hydrogen) atoms. The molecule has 0 bridgehead atoms. The van der Waals surface area contributed by atoms with E-state index in [0.29, 0.717) is 25.2 Å². The molecule has 5 heteroatoms. The molecule has 148 valence electrons. The molecule has 0 radical (unpaired) electrons. The Kier molecular flexibility index (Phi) is 6.82. The van der Waals surface area contributed by atoms with Crippen LogP contribution < -0.4 is 4.74 Å². The molecule has 0 aromatic heterocycles. The average Bonchev–Trinajstić information content (AvgIpc) is 2.74. The molecule has 2 aromatic carbocycles. The van der Waals surface area contributed by atoms with Gasteiger partial charge in [-0.3, -0.25) is 14.5 Å². The van der Waals surface area contributed by atoms with Crippen molar-refractivity contribution in [2.45, 2.75) is 13.3 Å². The van der Waals surface area contributed by atoms with Gasteiger partial charge in [0.1, 0.15) is 5.75 Å². The quantitative estimate of drug-likeness (QED) is 0.693. The number of carbonyl (C=O) groups is 2. The maximum absolute atomic E-state index is 12.7. The lowest BCUT2D eigenvalue weighted by atomic mass is 9.99. The van der Waals surface area contributed by atoms with Gasteiger partial charge >= 0.3 is 0 Å². The summed E-state index contributed by atoms with van der Waals surface area (Å²) in [5.74, 6) is 1.01. The first-order chi connectivity index (χ1) is 13.6. The van der Waals surface area contributed by atoms with E-state index in [0.717, 1.165) is 25.3 Å². The van der Waals surface area contributed by atoms with Crippen molar-refractivity contribution in [1.82, 2.24) is 9.80 Å². The number of ketones is 1. The third-order valence-electron chi connectivity index (χ3n) is 5.27. The first-order valence-corrected chi connectivity index (χ1v) is 9.79. The number of nitrogens with zero attached hydrogens (tertiary/aromatic N) is 2. The van der Waals surface area contributed by atoms with Gasteiger partial charge in [-0.2, -0.15) is 0 Å². The summed E-state index contributed by atoms with van der Waals surface area (Å²) in [5, 5.41) is 0. The molecular formula is C23H28N2O3. The average molecular weight is 380 g/mol. The van der Waals surface area contributed by atoms with E-state index in [-0.39, 0.29) is 17.6 Å². The topological polar surface area (TPSA) is 49.9 Å². The molecule has 5 nitrogen and oxygen atoms in total. The molecule has 0 aliphatic carbocycles. The van der Waals surface area contributed by atoms with E-state index < -0.39 is 0 Å². The number of methoxy groups -OCH3 is 1. The minimum absolute atomic E-state index is 0.0325. The fraction of sp³-hybridized carbons (Fsp3) is 0.391. The molecule has 1 fully saturated rings. The number of hydrogen-bond donors (Lipinski definition) is 0. The lowest BCUT2D eigenvalue weighted by Gasteiger charge is -2.35. The fourth-order valence-corrected chi connectivity index (χ4v) is 3.56. The van der Waals surface area contributed by atoms with Crippen molar-refractivity contribution >= 4 is 11.7 Å². The van der Waals surface area contributed by atoms with Crippen molar-refractivity contribution in [3.8, 4) is 5.75 Å². The summed E-state index contributed by atoms with van der Waals surface area (Å²) in [6.07, 6.45) is 0.760. The smallest absolute Gasteiger partial charge is 0.225 e. The van der Waals surface area contributed by atoms with Gasteiger partial charge in [0.05, 0.1) is 13.7 Å². The van der Waals surface area contributed by atoms with Crippen LogP contribution in [0.25, 0.3) is 0 Å². The zero-order chi connectivity index (χ0) is 19.9. The van der Waals surface area contributed by atoms with Crippen molar-refractivity contribution in [3.05, 3.63) is 65.7 Å². The van der Waals surface area contributed by atoms with E-state index in [9.17, 15) is 9.59 Å². The van der Waals surface area contributed by atoms with Gasteiger partial charge in [0.2, 0.25) is 5.91 Å². The molecule has 2 aromatic rings. The normalized spacial score (nSPS) is 15.9. The number of carbonyl (C=O) groups excluding carboxylic acids is 2. The lowest BCUT2D eigenvalue weighted by molar-refractivity contribution is -0.136. The maximum atomic E-state index is 12.7. The van der Waals surface area contributed by atoms with E-state index in [2.05, 4.69) is 17.0 Å². The summed E-state index contributed by atoms with van der Waals surface area (Å²) in [6, 6.07) is 17.3. The van der Waals surface area contributed by atoms with Crippen molar-refractivity contribution in [3.63, 3.8) is 0 Å². The van der Waals surface area contributed by atoms with Crippen LogP contribution in [0.1, 0.15) is 22.8 Å². The van der Waals surface area contributed by atoms with E-state index in [1.807, 2.05) is 30.0 Å². The Morgan fingerprint density at radius 3 is 2.21 bits per heavy atom. The third-order valence-corrected chi connectivity index (χ3v) is 5.27. The van der Waals surface area contributed by atoms with Crippen LogP contribution in [0.15, 0.2) is 54.6 Å². The highest BCUT2D eigenvalue weighted by atomic mass is 16.5. The van der Waals surface area contributed by atoms with E-state index in [4.69, 9.17) is 4.74 Å². The molecule has 3 rings (SSSR count). The Hall–Kier alpha value is -2.66. The number of benzene rings is 2. The van der Waals surface area contributed by atoms with E-state index in [1.54, 1.807) is 31.4 Å². The van der Waals surface area contributed by atoms with Gasteiger partial charge in [0, 0.05) is 37.7 Å². The van der Waals surface area contributed by atoms with Crippen molar-refractivity contribution in [2.24, 2.45) is 5.92 Å². The van der Waals surface area contributed by atoms with Gasteiger partial charge in [0.15, 0.2) is 5.78 Å². The van der Waals surface area contributed by atoms with E-state index >= 15 is 0 Å². The first kappa shape index (κ1) is 20.1. The maximum Gasteiger partial charge on any atom is 0.225 e. The Labute approximate surface area is 166 Å². The zero-order valence-electron chi connectivity index (χ0n) is 16.6. The second-order valence-electron chi connectivity index (χ2n) is 7.34. The molecule has 0 saturated carbocycles. The predicted molar refractivity (Wildman–Crippen MR) is 110 cm³/mol. The van der Waals surface area contributed by atoms with Gasteiger partial charge in [-0.25, -0.2) is 0 Å². The third kappa shape index (κ3) is 5.20. The Bertz CT molecular complexity index is 781. The van der Waals surface area contributed by atoms with Crippen LogP contribution in [0.5, 0.6) is 5.75 Å². The van der Waals surface area contributed by atoms with Crippen LogP contribution in [0.3, 0.4) is 0 Å². The molecule has 1 saturated heterocycles. The van der Waals surface area contributed by atoms with Crippen LogP contribution in [0.2, 0.25) is 0 Å². The minimum atomic E-state index is -0.0325. The van der Waals surface area contributed by atoms with Crippen molar-refractivity contribution < 1.29 is 14.3 Å². The number of ether oxygens (including phenoxy) is 1. The molecule has 1 aliphatic heterocycles. The molecule has 0 spiro atoms. The highest BCUT2D eigenvalue weighted by Gasteiger charge is 2.26.